The first-order chi connectivity index (χ1) is 9.65. The summed E-state index contributed by atoms with van der Waals surface area (Å²) >= 11 is 6.70. The molecule has 1 aliphatic rings. The van der Waals surface area contributed by atoms with Crippen LogP contribution in [-0.4, -0.2) is 11.0 Å². The Hall–Kier alpha value is -2.05. The van der Waals surface area contributed by atoms with Crippen molar-refractivity contribution < 1.29 is 9.18 Å². The molecule has 0 bridgehead atoms. The minimum atomic E-state index is -0.353. The molecule has 1 fully saturated rings. The van der Waals surface area contributed by atoms with Crippen LogP contribution in [0.5, 0.6) is 0 Å². The summed E-state index contributed by atoms with van der Waals surface area (Å²) in [5.74, 6) is -0.594. The highest BCUT2D eigenvalue weighted by Crippen LogP contribution is 2.23. The van der Waals surface area contributed by atoms with Crippen molar-refractivity contribution in [2.75, 3.05) is 4.90 Å². The molecule has 20 heavy (non-hydrogen) atoms. The van der Waals surface area contributed by atoms with E-state index in [1.54, 1.807) is 6.08 Å². The second-order valence-electron chi connectivity index (χ2n) is 4.12. The number of carbonyl (C=O) groups excluding carboxylic acids is 1. The Balaban J connectivity index is 1.93. The zero-order valence-electron chi connectivity index (χ0n) is 10.2. The molecule has 0 radical (unpaired) electrons. The number of hydrogen-bond donors (Lipinski definition) is 1. The number of hydrogen-bond acceptors (Lipinski definition) is 3. The summed E-state index contributed by atoms with van der Waals surface area (Å²) < 4.78 is 12.9. The molecule has 1 aliphatic heterocycles. The maximum absolute atomic E-state index is 12.9. The summed E-state index contributed by atoms with van der Waals surface area (Å²) in [6, 6.07) is 9.46. The Bertz CT molecular complexity index is 692. The number of amides is 1. The lowest BCUT2D eigenvalue weighted by Gasteiger charge is -2.13. The molecule has 2 heterocycles. The molecule has 1 N–H and O–H groups in total. The van der Waals surface area contributed by atoms with Gasteiger partial charge in [0, 0.05) is 4.88 Å². The molecule has 1 saturated heterocycles. The minimum Gasteiger partial charge on any atom is -0.327 e. The van der Waals surface area contributed by atoms with Crippen LogP contribution >= 0.6 is 23.6 Å². The predicted octanol–water partition coefficient (Wildman–Crippen LogP) is 3.15. The maximum Gasteiger partial charge on any atom is 0.281 e. The number of nitrogens with one attached hydrogen (secondary N) is 1. The Labute approximate surface area is 124 Å². The van der Waals surface area contributed by atoms with Gasteiger partial charge in [-0.05, 0) is 54.0 Å². The van der Waals surface area contributed by atoms with Crippen molar-refractivity contribution in [1.29, 1.82) is 0 Å². The molecular weight excluding hydrogens is 295 g/mol. The third-order valence-electron chi connectivity index (χ3n) is 2.79. The maximum atomic E-state index is 12.9. The Morgan fingerprint density at radius 2 is 2.00 bits per heavy atom. The second kappa shape index (κ2) is 5.15. The minimum absolute atomic E-state index is 0.241. The first-order valence-electron chi connectivity index (χ1n) is 5.81. The van der Waals surface area contributed by atoms with Crippen molar-refractivity contribution in [1.82, 2.24) is 5.32 Å². The van der Waals surface area contributed by atoms with E-state index in [1.807, 2.05) is 17.5 Å². The van der Waals surface area contributed by atoms with Gasteiger partial charge in [0.2, 0.25) is 0 Å². The lowest BCUT2D eigenvalue weighted by molar-refractivity contribution is -0.113. The number of nitrogens with zero attached hydrogens (tertiary/aromatic N) is 1. The van der Waals surface area contributed by atoms with Crippen LogP contribution in [0, 0.1) is 5.82 Å². The van der Waals surface area contributed by atoms with Gasteiger partial charge in [-0.3, -0.25) is 9.69 Å². The zero-order valence-corrected chi connectivity index (χ0v) is 11.8. The SMILES string of the molecule is O=C1/C(=C\c2cccs2)NC(=S)N1c1ccc(F)cc1. The van der Waals surface area contributed by atoms with E-state index in [4.69, 9.17) is 12.2 Å². The number of rotatable bonds is 2. The molecule has 2 aromatic rings. The molecule has 0 atom stereocenters. The molecule has 0 unspecified atom stereocenters. The van der Waals surface area contributed by atoms with E-state index in [9.17, 15) is 9.18 Å². The number of benzene rings is 1. The van der Waals surface area contributed by atoms with Crippen LogP contribution in [0.25, 0.3) is 6.08 Å². The van der Waals surface area contributed by atoms with Gasteiger partial charge in [0.25, 0.3) is 5.91 Å². The van der Waals surface area contributed by atoms with Gasteiger partial charge in [-0.2, -0.15) is 0 Å². The van der Waals surface area contributed by atoms with Crippen LogP contribution in [-0.2, 0) is 4.79 Å². The van der Waals surface area contributed by atoms with Gasteiger partial charge in [-0.1, -0.05) is 6.07 Å². The molecule has 100 valence electrons. The lowest BCUT2D eigenvalue weighted by atomic mass is 10.2. The summed E-state index contributed by atoms with van der Waals surface area (Å²) in [5, 5.41) is 5.12. The van der Waals surface area contributed by atoms with Crippen LogP contribution in [0.1, 0.15) is 4.88 Å². The Kier molecular flexibility index (Phi) is 3.33. The number of thiocarbonyl (C=S) groups is 1. The van der Waals surface area contributed by atoms with Crippen molar-refractivity contribution in [3.8, 4) is 0 Å². The van der Waals surface area contributed by atoms with E-state index in [-0.39, 0.29) is 11.7 Å². The van der Waals surface area contributed by atoms with E-state index in [0.717, 1.165) is 4.88 Å². The van der Waals surface area contributed by atoms with Crippen molar-refractivity contribution in [2.45, 2.75) is 0 Å². The number of thiophene rings is 1. The van der Waals surface area contributed by atoms with Gasteiger partial charge < -0.3 is 5.32 Å². The monoisotopic (exact) mass is 304 g/mol. The van der Waals surface area contributed by atoms with Gasteiger partial charge in [0.05, 0.1) is 5.69 Å². The van der Waals surface area contributed by atoms with Crippen LogP contribution in [0.2, 0.25) is 0 Å². The van der Waals surface area contributed by atoms with Crippen molar-refractivity contribution >= 4 is 46.3 Å². The average molecular weight is 304 g/mol. The van der Waals surface area contributed by atoms with Gasteiger partial charge in [0.15, 0.2) is 5.11 Å². The standard InChI is InChI=1S/C14H9FN2OS2/c15-9-3-5-10(6-4-9)17-13(18)12(16-14(17)19)8-11-2-1-7-20-11/h1-8H,(H,16,19)/b12-8+. The highest BCUT2D eigenvalue weighted by atomic mass is 32.1. The van der Waals surface area contributed by atoms with E-state index in [2.05, 4.69) is 5.32 Å². The van der Waals surface area contributed by atoms with Crippen LogP contribution in [0.4, 0.5) is 10.1 Å². The predicted molar refractivity (Wildman–Crippen MR) is 81.9 cm³/mol. The normalized spacial score (nSPS) is 16.9. The van der Waals surface area contributed by atoms with Gasteiger partial charge >= 0.3 is 0 Å². The highest BCUT2D eigenvalue weighted by Gasteiger charge is 2.31. The largest absolute Gasteiger partial charge is 0.327 e. The average Bonchev–Trinajstić information content (AvgIpc) is 3.02. The number of halogens is 1. The fraction of sp³-hybridized carbons (Fsp3) is 0. The summed E-state index contributed by atoms with van der Waals surface area (Å²) in [6.45, 7) is 0. The molecule has 1 aromatic carbocycles. The molecule has 3 nitrogen and oxygen atoms in total. The van der Waals surface area contributed by atoms with Gasteiger partial charge in [0.1, 0.15) is 11.5 Å². The molecule has 0 saturated carbocycles. The van der Waals surface area contributed by atoms with Gasteiger partial charge in [-0.25, -0.2) is 4.39 Å². The molecular formula is C14H9FN2OS2. The first kappa shape index (κ1) is 13.0. The first-order valence-corrected chi connectivity index (χ1v) is 7.10. The van der Waals surface area contributed by atoms with E-state index in [1.165, 1.54) is 40.5 Å². The Morgan fingerprint density at radius 3 is 2.65 bits per heavy atom. The van der Waals surface area contributed by atoms with E-state index in [0.29, 0.717) is 16.5 Å². The topological polar surface area (TPSA) is 32.3 Å². The third kappa shape index (κ3) is 2.35. The van der Waals surface area contributed by atoms with Crippen molar-refractivity contribution in [2.24, 2.45) is 0 Å². The molecule has 0 aliphatic carbocycles. The van der Waals surface area contributed by atoms with E-state index >= 15 is 0 Å². The van der Waals surface area contributed by atoms with E-state index < -0.39 is 0 Å². The quantitative estimate of drug-likeness (QED) is 0.683. The molecule has 1 aromatic heterocycles. The number of carbonyl (C=O) groups is 1. The third-order valence-corrected chi connectivity index (χ3v) is 3.90. The van der Waals surface area contributed by atoms with Crippen LogP contribution in [0.3, 0.4) is 0 Å². The fourth-order valence-corrected chi connectivity index (χ4v) is 2.83. The van der Waals surface area contributed by atoms with Crippen molar-refractivity contribution in [3.63, 3.8) is 0 Å². The summed E-state index contributed by atoms with van der Waals surface area (Å²) in [5.41, 5.74) is 0.963. The molecule has 3 rings (SSSR count). The fourth-order valence-electron chi connectivity index (χ4n) is 1.88. The molecule has 1 amide bonds. The molecule has 6 heteroatoms. The highest BCUT2D eigenvalue weighted by molar-refractivity contribution is 7.80. The lowest BCUT2D eigenvalue weighted by Crippen LogP contribution is -2.30. The van der Waals surface area contributed by atoms with Crippen molar-refractivity contribution in [3.05, 3.63) is 58.2 Å². The van der Waals surface area contributed by atoms with Gasteiger partial charge in [-0.15, -0.1) is 11.3 Å². The zero-order chi connectivity index (χ0) is 14.1. The smallest absolute Gasteiger partial charge is 0.281 e. The summed E-state index contributed by atoms with van der Waals surface area (Å²) in [6.07, 6.45) is 1.75. The Morgan fingerprint density at radius 1 is 1.25 bits per heavy atom. The number of anilines is 1. The summed E-state index contributed by atoms with van der Waals surface area (Å²) in [4.78, 5) is 14.7. The van der Waals surface area contributed by atoms with Crippen LogP contribution in [0.15, 0.2) is 47.5 Å². The molecule has 0 spiro atoms. The summed E-state index contributed by atoms with van der Waals surface area (Å²) in [7, 11) is 0. The second-order valence-corrected chi connectivity index (χ2v) is 5.49. The van der Waals surface area contributed by atoms with Crippen LogP contribution < -0.4 is 10.2 Å².